The molecule has 6 rings (SSSR count). The van der Waals surface area contributed by atoms with E-state index in [0.29, 0.717) is 17.9 Å². The number of aromatic nitrogens is 2. The second kappa shape index (κ2) is 10.0. The third kappa shape index (κ3) is 4.72. The van der Waals surface area contributed by atoms with Crippen LogP contribution in [0, 0.1) is 16.7 Å². The van der Waals surface area contributed by atoms with Gasteiger partial charge in [0.15, 0.2) is 0 Å². The van der Waals surface area contributed by atoms with Gasteiger partial charge < -0.3 is 14.4 Å². The number of ether oxygens (including phenoxy) is 2. The Bertz CT molecular complexity index is 1450. The number of hydrogen-bond acceptors (Lipinski definition) is 8. The highest BCUT2D eigenvalue weighted by atomic mass is 32.1. The van der Waals surface area contributed by atoms with Gasteiger partial charge in [0.05, 0.1) is 23.7 Å². The minimum atomic E-state index is -0.279. The first kappa shape index (κ1) is 26.0. The van der Waals surface area contributed by atoms with E-state index in [1.54, 1.807) is 11.3 Å². The molecule has 202 valence electrons. The lowest BCUT2D eigenvalue weighted by molar-refractivity contribution is -0.150. The van der Waals surface area contributed by atoms with Crippen LogP contribution >= 0.6 is 11.3 Å². The maximum absolute atomic E-state index is 12.5. The van der Waals surface area contributed by atoms with E-state index in [0.717, 1.165) is 72.9 Å². The van der Waals surface area contributed by atoms with Gasteiger partial charge in [-0.15, -0.1) is 10.2 Å². The summed E-state index contributed by atoms with van der Waals surface area (Å²) in [4.78, 5) is 15.0. The minimum absolute atomic E-state index is 0.00103. The molecule has 2 heterocycles. The van der Waals surface area contributed by atoms with Crippen LogP contribution in [0.3, 0.4) is 0 Å². The Balaban J connectivity index is 1.23. The Morgan fingerprint density at radius 2 is 1.97 bits per heavy atom. The highest BCUT2D eigenvalue weighted by molar-refractivity contribution is 7.17. The Morgan fingerprint density at radius 1 is 1.15 bits per heavy atom. The quantitative estimate of drug-likeness (QED) is 0.334. The van der Waals surface area contributed by atoms with E-state index in [2.05, 4.69) is 39.4 Å². The van der Waals surface area contributed by atoms with E-state index in [1.807, 2.05) is 39.0 Å². The number of hydrogen-bond donors (Lipinski definition) is 0. The normalized spacial score (nSPS) is 21.2. The summed E-state index contributed by atoms with van der Waals surface area (Å²) in [5.74, 6) is 0.573. The molecular formula is C31H34N4O3S. The number of carbonyl (C=O) groups excluding carboxylic acids is 1. The summed E-state index contributed by atoms with van der Waals surface area (Å²) in [6.07, 6.45) is 5.15. The summed E-state index contributed by atoms with van der Waals surface area (Å²) in [6, 6.07) is 14.5. The fourth-order valence-electron chi connectivity index (χ4n) is 6.42. The van der Waals surface area contributed by atoms with Crippen LogP contribution in [0.25, 0.3) is 21.1 Å². The predicted molar refractivity (Wildman–Crippen MR) is 151 cm³/mol. The molecule has 8 heteroatoms. The maximum atomic E-state index is 12.5. The number of nitriles is 1. The fraction of sp³-hybridized carbons (Fsp3) is 0.484. The number of rotatable bonds is 8. The molecule has 3 aromatic rings. The predicted octanol–water partition coefficient (Wildman–Crippen LogP) is 5.76. The van der Waals surface area contributed by atoms with Crippen molar-refractivity contribution < 1.29 is 14.3 Å². The Hall–Kier alpha value is -3.28. The van der Waals surface area contributed by atoms with Gasteiger partial charge >= 0.3 is 5.97 Å². The standard InChI is InChI=1S/C31H34N4O3S/c1-4-37-29(36)31(12-13-31)19-35-15-14-30(18-35)11-10-23-24(6-5-7-25(23)30)28-34-33-27(39-28)21-8-9-26(38-20(2)3)22(16-21)17-32/h5-9,16,20H,4,10-15,18-19H2,1-3H3. The molecule has 0 radical (unpaired) electrons. The molecule has 1 saturated carbocycles. The van der Waals surface area contributed by atoms with Gasteiger partial charge in [0.1, 0.15) is 21.8 Å². The average molecular weight is 543 g/mol. The first-order valence-corrected chi connectivity index (χ1v) is 14.7. The van der Waals surface area contributed by atoms with Gasteiger partial charge in [-0.05, 0) is 88.7 Å². The number of fused-ring (bicyclic) bond motifs is 2. The van der Waals surface area contributed by atoms with Gasteiger partial charge in [0.2, 0.25) is 0 Å². The number of benzene rings is 2. The van der Waals surface area contributed by atoms with Crippen LogP contribution in [0.4, 0.5) is 0 Å². The average Bonchev–Trinajstić information content (AvgIpc) is 3.25. The molecule has 1 aromatic heterocycles. The molecular weight excluding hydrogens is 508 g/mol. The fourth-order valence-corrected chi connectivity index (χ4v) is 7.31. The van der Waals surface area contributed by atoms with Crippen LogP contribution in [0.15, 0.2) is 36.4 Å². The monoisotopic (exact) mass is 542 g/mol. The number of esters is 1. The van der Waals surface area contributed by atoms with Crippen LogP contribution in [-0.2, 0) is 21.4 Å². The van der Waals surface area contributed by atoms with E-state index in [-0.39, 0.29) is 22.9 Å². The van der Waals surface area contributed by atoms with Crippen LogP contribution in [0.5, 0.6) is 5.75 Å². The van der Waals surface area contributed by atoms with Crippen LogP contribution in [0.2, 0.25) is 0 Å². The number of carbonyl (C=O) groups is 1. The molecule has 1 atom stereocenters. The molecule has 1 aliphatic heterocycles. The largest absolute Gasteiger partial charge is 0.490 e. The Labute approximate surface area is 233 Å². The topological polar surface area (TPSA) is 88.3 Å². The van der Waals surface area contributed by atoms with Gasteiger partial charge in [-0.2, -0.15) is 5.26 Å². The summed E-state index contributed by atoms with van der Waals surface area (Å²) in [5, 5.41) is 20.4. The van der Waals surface area contributed by atoms with Gasteiger partial charge in [-0.3, -0.25) is 4.79 Å². The molecule has 7 nitrogen and oxygen atoms in total. The second-order valence-corrected chi connectivity index (χ2v) is 12.5. The molecule has 3 aliphatic rings. The van der Waals surface area contributed by atoms with Gasteiger partial charge in [-0.1, -0.05) is 29.5 Å². The van der Waals surface area contributed by atoms with Crippen LogP contribution < -0.4 is 4.74 Å². The van der Waals surface area contributed by atoms with Crippen LogP contribution in [-0.4, -0.2) is 53.4 Å². The van der Waals surface area contributed by atoms with Gasteiger partial charge in [0, 0.05) is 29.6 Å². The zero-order valence-corrected chi connectivity index (χ0v) is 23.6. The first-order valence-electron chi connectivity index (χ1n) is 13.9. The smallest absolute Gasteiger partial charge is 0.313 e. The zero-order valence-electron chi connectivity index (χ0n) is 22.8. The molecule has 2 aromatic carbocycles. The molecule has 1 saturated heterocycles. The SMILES string of the molecule is CCOC(=O)C1(CN2CCC3(CCc4c(-c5nnc(-c6ccc(OC(C)C)c(C#N)c6)s5)cccc43)C2)CC1. The van der Waals surface area contributed by atoms with Crippen molar-refractivity contribution in [2.45, 2.75) is 64.4 Å². The lowest BCUT2D eigenvalue weighted by Gasteiger charge is -2.27. The summed E-state index contributed by atoms with van der Waals surface area (Å²) in [6.45, 7) is 9.06. The number of likely N-dealkylation sites (tertiary alicyclic amines) is 1. The van der Waals surface area contributed by atoms with Crippen molar-refractivity contribution in [2.75, 3.05) is 26.2 Å². The Kier molecular flexibility index (Phi) is 6.68. The zero-order chi connectivity index (χ0) is 27.2. The lowest BCUT2D eigenvalue weighted by Crippen LogP contribution is -2.36. The van der Waals surface area contributed by atoms with E-state index in [9.17, 15) is 10.1 Å². The molecule has 2 aliphatic carbocycles. The molecule has 0 amide bonds. The third-order valence-electron chi connectivity index (χ3n) is 8.49. The van der Waals surface area contributed by atoms with Gasteiger partial charge in [-0.25, -0.2) is 0 Å². The summed E-state index contributed by atoms with van der Waals surface area (Å²) in [7, 11) is 0. The highest BCUT2D eigenvalue weighted by Crippen LogP contribution is 2.52. The van der Waals surface area contributed by atoms with Crippen molar-refractivity contribution in [3.8, 4) is 33.0 Å². The lowest BCUT2D eigenvalue weighted by atomic mass is 9.81. The summed E-state index contributed by atoms with van der Waals surface area (Å²) < 4.78 is 11.2. The third-order valence-corrected chi connectivity index (χ3v) is 9.49. The Morgan fingerprint density at radius 3 is 2.72 bits per heavy atom. The van der Waals surface area contributed by atoms with E-state index < -0.39 is 0 Å². The van der Waals surface area contributed by atoms with Gasteiger partial charge in [0.25, 0.3) is 0 Å². The summed E-state index contributed by atoms with van der Waals surface area (Å²) >= 11 is 1.57. The molecule has 0 N–H and O–H groups in total. The molecule has 0 bridgehead atoms. The van der Waals surface area contributed by atoms with Crippen molar-refractivity contribution in [1.82, 2.24) is 15.1 Å². The molecule has 1 unspecified atom stereocenters. The second-order valence-electron chi connectivity index (χ2n) is 11.5. The van der Waals surface area contributed by atoms with E-state index in [4.69, 9.17) is 9.47 Å². The molecule has 39 heavy (non-hydrogen) atoms. The van der Waals surface area contributed by atoms with E-state index in [1.165, 1.54) is 11.1 Å². The van der Waals surface area contributed by atoms with E-state index >= 15 is 0 Å². The van der Waals surface area contributed by atoms with Crippen LogP contribution in [0.1, 0.15) is 63.1 Å². The van der Waals surface area contributed by atoms with Crippen molar-refractivity contribution in [3.05, 3.63) is 53.1 Å². The van der Waals surface area contributed by atoms with Crippen molar-refractivity contribution in [1.29, 1.82) is 5.26 Å². The summed E-state index contributed by atoms with van der Waals surface area (Å²) in [5.41, 5.74) is 5.21. The first-order chi connectivity index (χ1) is 18.9. The maximum Gasteiger partial charge on any atom is 0.313 e. The van der Waals surface area contributed by atoms with Crippen molar-refractivity contribution >= 4 is 17.3 Å². The highest BCUT2D eigenvalue weighted by Gasteiger charge is 2.54. The van der Waals surface area contributed by atoms with Crippen molar-refractivity contribution in [2.24, 2.45) is 5.41 Å². The molecule has 2 fully saturated rings. The minimum Gasteiger partial charge on any atom is -0.490 e. The number of nitrogens with zero attached hydrogens (tertiary/aromatic N) is 4. The van der Waals surface area contributed by atoms with Crippen molar-refractivity contribution in [3.63, 3.8) is 0 Å². The molecule has 1 spiro atoms.